The maximum absolute atomic E-state index is 13.6. The monoisotopic (exact) mass is 439 g/mol. The van der Waals surface area contributed by atoms with Crippen LogP contribution in [0.15, 0.2) is 84.0 Å². The van der Waals surface area contributed by atoms with E-state index in [0.717, 1.165) is 10.5 Å². The molecule has 0 aromatic heterocycles. The number of amides is 2. The van der Waals surface area contributed by atoms with Crippen LogP contribution < -0.4 is 14.6 Å². The Kier molecular flexibility index (Phi) is 5.01. The van der Waals surface area contributed by atoms with Gasteiger partial charge in [0.1, 0.15) is 23.4 Å². The van der Waals surface area contributed by atoms with Crippen molar-refractivity contribution in [3.63, 3.8) is 0 Å². The van der Waals surface area contributed by atoms with Crippen LogP contribution in [0, 0.1) is 12.8 Å². The third kappa shape index (κ3) is 3.29. The highest BCUT2D eigenvalue weighted by atomic mass is 16.5. The number of anilines is 2. The smallest absolute Gasteiger partial charge is 0.260 e. The normalized spacial score (nSPS) is 19.5. The number of para-hydroxylation sites is 2. The van der Waals surface area contributed by atoms with E-state index >= 15 is 0 Å². The van der Waals surface area contributed by atoms with Gasteiger partial charge in [-0.15, -0.1) is 0 Å². The Morgan fingerprint density at radius 2 is 1.55 bits per heavy atom. The zero-order valence-corrected chi connectivity index (χ0v) is 18.1. The van der Waals surface area contributed by atoms with Crippen molar-refractivity contribution < 1.29 is 19.1 Å². The van der Waals surface area contributed by atoms with Gasteiger partial charge in [0, 0.05) is 5.56 Å². The number of Topliss-reactive ketones (excluding diaryl/α,β-unsaturated/α-hetero) is 1. The van der Waals surface area contributed by atoms with Gasteiger partial charge in [-0.1, -0.05) is 60.2 Å². The molecule has 1 fully saturated rings. The first-order chi connectivity index (χ1) is 16.0. The minimum atomic E-state index is -1.02. The molecule has 2 aliphatic heterocycles. The van der Waals surface area contributed by atoms with Gasteiger partial charge in [0.15, 0.2) is 0 Å². The van der Waals surface area contributed by atoms with Crippen molar-refractivity contribution in [1.82, 2.24) is 0 Å². The molecule has 2 heterocycles. The van der Waals surface area contributed by atoms with Crippen LogP contribution in [0.3, 0.4) is 0 Å². The fraction of sp³-hybridized carbons (Fsp3) is 0.154. The molecule has 0 unspecified atom stereocenters. The number of ether oxygens (including phenoxy) is 1. The third-order valence-electron chi connectivity index (χ3n) is 5.94. The molecule has 2 aliphatic rings. The van der Waals surface area contributed by atoms with Gasteiger partial charge in [-0.3, -0.25) is 19.4 Å². The minimum absolute atomic E-state index is 0.0579. The number of methoxy groups -OCH3 is 1. The van der Waals surface area contributed by atoms with E-state index in [2.05, 4.69) is 5.10 Å². The number of hydrazone groups is 1. The second-order valence-corrected chi connectivity index (χ2v) is 7.97. The van der Waals surface area contributed by atoms with E-state index in [1.165, 1.54) is 12.1 Å². The average molecular weight is 439 g/mol. The molecule has 0 aliphatic carbocycles. The summed E-state index contributed by atoms with van der Waals surface area (Å²) in [6, 6.07) is 22.0. The standard InChI is InChI=1S/C26H21N3O4/c1-16-12-14-18(15-13-16)29-23-21(22(27-29)24(30)17-8-4-3-5-9-17)25(31)28(26(23)32)19-10-6-7-11-20(19)33-2/h3-15,21,23H,1-2H3/t21-,23+/m1/s1. The van der Waals surface area contributed by atoms with E-state index in [1.807, 2.05) is 37.3 Å². The Balaban J connectivity index is 1.63. The number of nitrogens with zero attached hydrogens (tertiary/aromatic N) is 3. The van der Waals surface area contributed by atoms with E-state index in [-0.39, 0.29) is 11.5 Å². The van der Waals surface area contributed by atoms with E-state index in [1.54, 1.807) is 48.5 Å². The fourth-order valence-electron chi connectivity index (χ4n) is 4.30. The zero-order chi connectivity index (χ0) is 23.1. The quantitative estimate of drug-likeness (QED) is 0.448. The molecular weight excluding hydrogens is 418 g/mol. The van der Waals surface area contributed by atoms with Gasteiger partial charge in [-0.2, -0.15) is 5.10 Å². The van der Waals surface area contributed by atoms with Crippen LogP contribution in [0.4, 0.5) is 11.4 Å². The van der Waals surface area contributed by atoms with E-state index in [4.69, 9.17) is 4.74 Å². The summed E-state index contributed by atoms with van der Waals surface area (Å²) in [5.74, 6) is -1.93. The Morgan fingerprint density at radius 3 is 2.24 bits per heavy atom. The van der Waals surface area contributed by atoms with Crippen LogP contribution in [0.1, 0.15) is 15.9 Å². The maximum atomic E-state index is 13.6. The lowest BCUT2D eigenvalue weighted by molar-refractivity contribution is -0.121. The summed E-state index contributed by atoms with van der Waals surface area (Å²) in [5, 5.41) is 6.02. The molecule has 2 amide bonds. The molecule has 1 saturated heterocycles. The first-order valence-electron chi connectivity index (χ1n) is 10.6. The van der Waals surface area contributed by atoms with Crippen molar-refractivity contribution in [1.29, 1.82) is 0 Å². The van der Waals surface area contributed by atoms with E-state index in [9.17, 15) is 14.4 Å². The van der Waals surface area contributed by atoms with Crippen LogP contribution in [0.2, 0.25) is 0 Å². The first-order valence-corrected chi connectivity index (χ1v) is 10.6. The SMILES string of the molecule is COc1ccccc1N1C(=O)[C@@H]2C(C(=O)c3ccccc3)=NN(c3ccc(C)cc3)[C@@H]2C1=O. The predicted molar refractivity (Wildman–Crippen MR) is 125 cm³/mol. The Hall–Kier alpha value is -4.26. The number of rotatable bonds is 5. The van der Waals surface area contributed by atoms with Crippen LogP contribution >= 0.6 is 0 Å². The summed E-state index contributed by atoms with van der Waals surface area (Å²) in [6.07, 6.45) is 0. The van der Waals surface area contributed by atoms with E-state index in [0.29, 0.717) is 22.7 Å². The summed E-state index contributed by atoms with van der Waals surface area (Å²) >= 11 is 0. The van der Waals surface area contributed by atoms with Crippen LogP contribution in [-0.4, -0.2) is 36.5 Å². The molecule has 0 radical (unpaired) electrons. The summed E-state index contributed by atoms with van der Waals surface area (Å²) < 4.78 is 5.39. The number of ketones is 1. The molecule has 0 saturated carbocycles. The number of hydrogen-bond acceptors (Lipinski definition) is 6. The van der Waals surface area contributed by atoms with Crippen LogP contribution in [-0.2, 0) is 9.59 Å². The molecule has 3 aromatic carbocycles. The number of carbonyl (C=O) groups excluding carboxylic acids is 3. The van der Waals surface area contributed by atoms with Gasteiger partial charge in [-0.25, -0.2) is 4.90 Å². The van der Waals surface area contributed by atoms with E-state index < -0.39 is 23.8 Å². The molecule has 2 atom stereocenters. The number of aryl methyl sites for hydroxylation is 1. The second-order valence-electron chi connectivity index (χ2n) is 7.97. The lowest BCUT2D eigenvalue weighted by Crippen LogP contribution is -2.39. The summed E-state index contributed by atoms with van der Waals surface area (Å²) in [4.78, 5) is 41.8. The van der Waals surface area contributed by atoms with Crippen molar-refractivity contribution in [2.75, 3.05) is 17.0 Å². The van der Waals surface area contributed by atoms with Crippen molar-refractivity contribution >= 4 is 34.7 Å². The minimum Gasteiger partial charge on any atom is -0.495 e. The van der Waals surface area contributed by atoms with Gasteiger partial charge in [0.25, 0.3) is 5.91 Å². The van der Waals surface area contributed by atoms with Gasteiger partial charge in [-0.05, 0) is 31.2 Å². The lowest BCUT2D eigenvalue weighted by atomic mass is 9.92. The van der Waals surface area contributed by atoms with Crippen LogP contribution in [0.25, 0.3) is 0 Å². The van der Waals surface area contributed by atoms with Crippen molar-refractivity contribution in [2.24, 2.45) is 11.0 Å². The van der Waals surface area contributed by atoms with Gasteiger partial charge >= 0.3 is 0 Å². The Bertz CT molecular complexity index is 1280. The lowest BCUT2D eigenvalue weighted by Gasteiger charge is -2.23. The summed E-state index contributed by atoms with van der Waals surface area (Å²) in [5.41, 5.74) is 2.50. The molecular formula is C26H21N3O4. The van der Waals surface area contributed by atoms with Crippen molar-refractivity contribution in [3.05, 3.63) is 90.0 Å². The number of hydrogen-bond donors (Lipinski definition) is 0. The first kappa shape index (κ1) is 20.6. The molecule has 164 valence electrons. The van der Waals surface area contributed by atoms with Crippen LogP contribution in [0.5, 0.6) is 5.75 Å². The largest absolute Gasteiger partial charge is 0.495 e. The maximum Gasteiger partial charge on any atom is 0.260 e. The molecule has 7 nitrogen and oxygen atoms in total. The molecule has 5 rings (SSSR count). The zero-order valence-electron chi connectivity index (χ0n) is 18.1. The van der Waals surface area contributed by atoms with Crippen molar-refractivity contribution in [2.45, 2.75) is 13.0 Å². The number of imide groups is 1. The Morgan fingerprint density at radius 1 is 0.879 bits per heavy atom. The highest BCUT2D eigenvalue weighted by molar-refractivity contribution is 6.53. The van der Waals surface area contributed by atoms with Gasteiger partial charge in [0.05, 0.1) is 18.5 Å². The summed E-state index contributed by atoms with van der Waals surface area (Å²) in [6.45, 7) is 1.96. The van der Waals surface area contributed by atoms with Gasteiger partial charge < -0.3 is 4.74 Å². The molecule has 0 spiro atoms. The number of fused-ring (bicyclic) bond motifs is 1. The predicted octanol–water partition coefficient (Wildman–Crippen LogP) is 3.62. The average Bonchev–Trinajstić information content (AvgIpc) is 3.36. The third-order valence-corrected chi connectivity index (χ3v) is 5.94. The highest BCUT2D eigenvalue weighted by Crippen LogP contribution is 2.40. The highest BCUT2D eigenvalue weighted by Gasteiger charge is 2.59. The summed E-state index contributed by atoms with van der Waals surface area (Å²) in [7, 11) is 1.48. The molecule has 0 bridgehead atoms. The molecule has 0 N–H and O–H groups in total. The van der Waals surface area contributed by atoms with Crippen molar-refractivity contribution in [3.8, 4) is 5.75 Å². The number of carbonyl (C=O) groups is 3. The van der Waals surface area contributed by atoms with Gasteiger partial charge in [0.2, 0.25) is 11.7 Å². The second kappa shape index (κ2) is 8.02. The number of benzene rings is 3. The Labute approximate surface area is 190 Å². The fourth-order valence-corrected chi connectivity index (χ4v) is 4.30. The topological polar surface area (TPSA) is 79.3 Å². The molecule has 3 aromatic rings. The molecule has 7 heteroatoms. The molecule has 33 heavy (non-hydrogen) atoms.